The van der Waals surface area contributed by atoms with E-state index in [-0.39, 0.29) is 0 Å². The lowest BCUT2D eigenvalue weighted by Crippen LogP contribution is -1.96. The first-order valence-corrected chi connectivity index (χ1v) is 20.9. The summed E-state index contributed by atoms with van der Waals surface area (Å²) in [6.45, 7) is 6.08. The lowest BCUT2D eigenvalue weighted by molar-refractivity contribution is 1.16. The molecule has 0 spiro atoms. The van der Waals surface area contributed by atoms with Crippen molar-refractivity contribution in [1.82, 2.24) is 13.7 Å². The first-order valence-electron chi connectivity index (χ1n) is 20.9. The fraction of sp³-hybridized carbons (Fsp3) is 0.0526. The number of aromatic nitrogens is 3. The second kappa shape index (κ2) is 15.6. The van der Waals surface area contributed by atoms with Gasteiger partial charge in [0.2, 0.25) is 0 Å². The minimum Gasteiger partial charge on any atom is -0.309 e. The zero-order valence-electron chi connectivity index (χ0n) is 34.1. The number of nitrogens with zero attached hydrogens (tertiary/aromatic N) is 3. The van der Waals surface area contributed by atoms with Gasteiger partial charge in [0.05, 0.1) is 33.1 Å². The van der Waals surface area contributed by atoms with E-state index >= 15 is 0 Å². The average Bonchev–Trinajstić information content (AvgIpc) is 3.95. The summed E-state index contributed by atoms with van der Waals surface area (Å²) in [4.78, 5) is 0. The Balaban J connectivity index is 0.000000435. The van der Waals surface area contributed by atoms with Crippen LogP contribution in [0, 0.1) is 6.92 Å². The Labute approximate surface area is 350 Å². The molecule has 0 N–H and O–H groups in total. The molecule has 0 amide bonds. The molecule has 12 aromatic rings. The third kappa shape index (κ3) is 6.23. The Morgan fingerprint density at radius 3 is 1.07 bits per heavy atom. The molecule has 60 heavy (non-hydrogen) atoms. The van der Waals surface area contributed by atoms with Crippen LogP contribution in [0.25, 0.3) is 93.6 Å². The van der Waals surface area contributed by atoms with Crippen LogP contribution in [0.1, 0.15) is 19.4 Å². The summed E-state index contributed by atoms with van der Waals surface area (Å²) in [5, 5.41) is 7.49. The number of hydrogen-bond donors (Lipinski definition) is 0. The molecule has 0 aliphatic rings. The third-order valence-electron chi connectivity index (χ3n) is 11.6. The zero-order valence-corrected chi connectivity index (χ0v) is 34.1. The van der Waals surface area contributed by atoms with Gasteiger partial charge < -0.3 is 13.7 Å². The van der Waals surface area contributed by atoms with Crippen LogP contribution in [-0.4, -0.2) is 13.7 Å². The summed E-state index contributed by atoms with van der Waals surface area (Å²) in [5.41, 5.74) is 14.4. The highest BCUT2D eigenvalue weighted by molar-refractivity contribution is 6.14. The molecule has 288 valence electrons. The van der Waals surface area contributed by atoms with Crippen molar-refractivity contribution >= 4 is 65.4 Å². The molecule has 3 aromatic heterocycles. The first kappa shape index (κ1) is 36.7. The van der Waals surface area contributed by atoms with Gasteiger partial charge in [0.25, 0.3) is 0 Å². The molecule has 9 aromatic carbocycles. The molecule has 0 aliphatic carbocycles. The van der Waals surface area contributed by atoms with Gasteiger partial charge in [0.1, 0.15) is 0 Å². The van der Waals surface area contributed by atoms with Gasteiger partial charge in [-0.15, -0.1) is 0 Å². The summed E-state index contributed by atoms with van der Waals surface area (Å²) in [6, 6.07) is 78.7. The molecule has 0 saturated carbocycles. The second-order valence-electron chi connectivity index (χ2n) is 15.0. The number of hydrogen-bond acceptors (Lipinski definition) is 0. The smallest absolute Gasteiger partial charge is 0.0542 e. The quantitative estimate of drug-likeness (QED) is 0.169. The molecule has 0 unspecified atom stereocenters. The maximum Gasteiger partial charge on any atom is 0.0542 e. The highest BCUT2D eigenvalue weighted by Crippen LogP contribution is 2.40. The van der Waals surface area contributed by atoms with Gasteiger partial charge in [-0.25, -0.2) is 0 Å². The standard InChI is InChI=1S/C48H31N3.C7H8.C2H6/c1-3-13-32(14-4-1)33-23-26-46-40(29-33)39-19-9-12-22-45(39)51(46)36-25-28-48-42(31-36)41-30-35(24-27-47(41)49(48)34-15-5-2-6-16-34)50-43-20-10-7-17-37(43)38-18-8-11-21-44(38)50;1-7-5-3-2-4-6-7;1-2/h1-31H;2-6H,1H3;1-2H3. The Hall–Kier alpha value is -7.62. The van der Waals surface area contributed by atoms with E-state index in [9.17, 15) is 0 Å². The minimum atomic E-state index is 1.15. The Kier molecular flexibility index (Phi) is 9.55. The monoisotopic (exact) mass is 771 g/mol. The highest BCUT2D eigenvalue weighted by atomic mass is 15.0. The van der Waals surface area contributed by atoms with Crippen molar-refractivity contribution in [2.24, 2.45) is 0 Å². The van der Waals surface area contributed by atoms with Crippen LogP contribution in [0.5, 0.6) is 0 Å². The number of benzene rings is 9. The van der Waals surface area contributed by atoms with Gasteiger partial charge >= 0.3 is 0 Å². The number of aryl methyl sites for hydroxylation is 1. The highest BCUT2D eigenvalue weighted by Gasteiger charge is 2.19. The van der Waals surface area contributed by atoms with Crippen molar-refractivity contribution in [3.05, 3.63) is 224 Å². The van der Waals surface area contributed by atoms with Crippen molar-refractivity contribution < 1.29 is 0 Å². The summed E-state index contributed by atoms with van der Waals surface area (Å²) in [6.07, 6.45) is 0. The van der Waals surface area contributed by atoms with Crippen molar-refractivity contribution in [3.63, 3.8) is 0 Å². The maximum atomic E-state index is 2.43. The molecule has 0 aliphatic heterocycles. The summed E-state index contributed by atoms with van der Waals surface area (Å²) in [7, 11) is 0. The third-order valence-corrected chi connectivity index (χ3v) is 11.6. The fourth-order valence-corrected chi connectivity index (χ4v) is 8.93. The Bertz CT molecular complexity index is 3390. The Morgan fingerprint density at radius 2 is 0.600 bits per heavy atom. The van der Waals surface area contributed by atoms with Gasteiger partial charge in [-0.2, -0.15) is 0 Å². The largest absolute Gasteiger partial charge is 0.309 e. The van der Waals surface area contributed by atoms with E-state index in [2.05, 4.69) is 221 Å². The van der Waals surface area contributed by atoms with Crippen LogP contribution in [0.2, 0.25) is 0 Å². The van der Waals surface area contributed by atoms with E-state index in [0.717, 1.165) is 17.1 Å². The predicted octanol–water partition coefficient (Wildman–Crippen LogP) is 15.7. The number of fused-ring (bicyclic) bond motifs is 9. The van der Waals surface area contributed by atoms with E-state index in [0.29, 0.717) is 0 Å². The molecular formula is C57H45N3. The van der Waals surface area contributed by atoms with Gasteiger partial charge in [0, 0.05) is 49.4 Å². The zero-order chi connectivity index (χ0) is 40.6. The maximum absolute atomic E-state index is 2.43. The molecule has 0 radical (unpaired) electrons. The van der Waals surface area contributed by atoms with Gasteiger partial charge in [0.15, 0.2) is 0 Å². The molecule has 3 nitrogen and oxygen atoms in total. The first-order chi connectivity index (χ1) is 29.7. The average molecular weight is 772 g/mol. The summed E-state index contributed by atoms with van der Waals surface area (Å²) < 4.78 is 7.25. The van der Waals surface area contributed by atoms with Crippen molar-refractivity contribution in [2.75, 3.05) is 0 Å². The van der Waals surface area contributed by atoms with Gasteiger partial charge in [-0.3, -0.25) is 0 Å². The fourth-order valence-electron chi connectivity index (χ4n) is 8.93. The van der Waals surface area contributed by atoms with Crippen LogP contribution in [0.4, 0.5) is 0 Å². The van der Waals surface area contributed by atoms with Crippen LogP contribution in [0.3, 0.4) is 0 Å². The van der Waals surface area contributed by atoms with E-state index in [1.54, 1.807) is 0 Å². The van der Waals surface area contributed by atoms with Gasteiger partial charge in [-0.1, -0.05) is 159 Å². The molecule has 12 rings (SSSR count). The number of para-hydroxylation sites is 4. The van der Waals surface area contributed by atoms with Crippen molar-refractivity contribution in [1.29, 1.82) is 0 Å². The summed E-state index contributed by atoms with van der Waals surface area (Å²) >= 11 is 0. The molecule has 3 heteroatoms. The lowest BCUT2D eigenvalue weighted by Gasteiger charge is -2.10. The van der Waals surface area contributed by atoms with Crippen molar-refractivity contribution in [3.8, 4) is 28.2 Å². The van der Waals surface area contributed by atoms with E-state index in [1.165, 1.54) is 82.1 Å². The van der Waals surface area contributed by atoms with E-state index in [1.807, 2.05) is 32.0 Å². The number of rotatable bonds is 4. The van der Waals surface area contributed by atoms with Crippen molar-refractivity contribution in [2.45, 2.75) is 20.8 Å². The minimum absolute atomic E-state index is 1.15. The van der Waals surface area contributed by atoms with E-state index in [4.69, 9.17) is 0 Å². The summed E-state index contributed by atoms with van der Waals surface area (Å²) in [5.74, 6) is 0. The second-order valence-corrected chi connectivity index (χ2v) is 15.0. The SMILES string of the molecule is CC.Cc1ccccc1.c1ccc(-c2ccc3c(c2)c2ccccc2n3-c2ccc3c(c2)c2cc(-n4c5ccccc5c5ccccc54)ccc2n3-c2ccccc2)cc1. The normalized spacial score (nSPS) is 11.2. The van der Waals surface area contributed by atoms with Crippen LogP contribution in [-0.2, 0) is 0 Å². The predicted molar refractivity (Wildman–Crippen MR) is 257 cm³/mol. The molecule has 0 fully saturated rings. The lowest BCUT2D eigenvalue weighted by atomic mass is 10.0. The topological polar surface area (TPSA) is 14.8 Å². The van der Waals surface area contributed by atoms with Crippen LogP contribution < -0.4 is 0 Å². The molecule has 3 heterocycles. The van der Waals surface area contributed by atoms with Gasteiger partial charge in [-0.05, 0) is 96.9 Å². The van der Waals surface area contributed by atoms with Crippen LogP contribution in [0.15, 0.2) is 218 Å². The van der Waals surface area contributed by atoms with Crippen LogP contribution >= 0.6 is 0 Å². The van der Waals surface area contributed by atoms with E-state index < -0.39 is 0 Å². The molecule has 0 saturated heterocycles. The Morgan fingerprint density at radius 1 is 0.250 bits per heavy atom. The molecular weight excluding hydrogens is 727 g/mol. The molecule has 0 atom stereocenters. The molecule has 0 bridgehead atoms.